The number of nitrogens with two attached hydrogens (primary N) is 1. The fourth-order valence-electron chi connectivity index (χ4n) is 1.51. The lowest BCUT2D eigenvalue weighted by molar-refractivity contribution is 0.304. The van der Waals surface area contributed by atoms with Gasteiger partial charge in [0, 0.05) is 18.5 Å². The quantitative estimate of drug-likeness (QED) is 0.186. The van der Waals surface area contributed by atoms with Gasteiger partial charge in [-0.2, -0.15) is 0 Å². The largest absolute Gasteiger partial charge is 0.409 e. The molecule has 0 rings (SSSR count). The number of unbranched alkanes of at least 4 members (excludes halogenated alkanes) is 1. The maximum absolute atomic E-state index is 8.64. The minimum Gasteiger partial charge on any atom is -0.409 e. The van der Waals surface area contributed by atoms with E-state index in [2.05, 4.69) is 29.5 Å². The van der Waals surface area contributed by atoms with E-state index >= 15 is 0 Å². The number of rotatable bonds is 9. The summed E-state index contributed by atoms with van der Waals surface area (Å²) in [6.07, 6.45) is 3.14. The lowest BCUT2D eigenvalue weighted by Gasteiger charge is -2.22. The summed E-state index contributed by atoms with van der Waals surface area (Å²) in [7, 11) is 4.14. The Morgan fingerprint density at radius 3 is 2.47 bits per heavy atom. The summed E-state index contributed by atoms with van der Waals surface area (Å²) in [5, 5.41) is 15.1. The monoisotopic (exact) mass is 244 g/mol. The van der Waals surface area contributed by atoms with Gasteiger partial charge in [-0.25, -0.2) is 0 Å². The topological polar surface area (TPSA) is 73.9 Å². The van der Waals surface area contributed by atoms with Crippen molar-refractivity contribution in [2.24, 2.45) is 16.3 Å². The Morgan fingerprint density at radius 2 is 1.94 bits per heavy atom. The van der Waals surface area contributed by atoms with Crippen LogP contribution in [0.25, 0.3) is 0 Å². The van der Waals surface area contributed by atoms with Gasteiger partial charge in [-0.3, -0.25) is 0 Å². The molecule has 0 radical (unpaired) electrons. The van der Waals surface area contributed by atoms with E-state index in [4.69, 9.17) is 10.9 Å². The molecule has 102 valence electrons. The molecule has 0 aromatic heterocycles. The Kier molecular flexibility index (Phi) is 7.91. The number of nitrogens with one attached hydrogen (secondary N) is 1. The zero-order chi connectivity index (χ0) is 13.3. The molecule has 0 aromatic carbocycles. The molecule has 5 nitrogen and oxygen atoms in total. The average Bonchev–Trinajstić information content (AvgIpc) is 2.26. The van der Waals surface area contributed by atoms with Crippen LogP contribution in [0.1, 0.15) is 33.1 Å². The van der Waals surface area contributed by atoms with E-state index in [9.17, 15) is 0 Å². The molecule has 0 aliphatic rings. The molecule has 0 saturated carbocycles. The lowest BCUT2D eigenvalue weighted by Crippen LogP contribution is -2.32. The van der Waals surface area contributed by atoms with Crippen LogP contribution in [0.4, 0.5) is 0 Å². The van der Waals surface area contributed by atoms with Gasteiger partial charge in [0.15, 0.2) is 0 Å². The second-order valence-corrected chi connectivity index (χ2v) is 5.38. The number of amidine groups is 1. The average molecular weight is 244 g/mol. The molecule has 0 aromatic rings. The van der Waals surface area contributed by atoms with Crippen LogP contribution in [0, 0.1) is 5.41 Å². The van der Waals surface area contributed by atoms with Crippen LogP contribution in [-0.2, 0) is 0 Å². The summed E-state index contributed by atoms with van der Waals surface area (Å²) in [5.41, 5.74) is 5.42. The number of hydrogen-bond donors (Lipinski definition) is 3. The smallest absolute Gasteiger partial charge is 0.144 e. The van der Waals surface area contributed by atoms with E-state index in [-0.39, 0.29) is 5.41 Å². The molecule has 4 N–H and O–H groups in total. The SMILES string of the molecule is CN(C)CCNCCCCC(C)(C)C(N)=NO. The first kappa shape index (κ1) is 16.2. The molecule has 0 bridgehead atoms. The summed E-state index contributed by atoms with van der Waals surface area (Å²) in [6, 6.07) is 0. The van der Waals surface area contributed by atoms with Crippen LogP contribution < -0.4 is 11.1 Å². The third-order valence-corrected chi connectivity index (χ3v) is 2.94. The third kappa shape index (κ3) is 7.99. The Labute approximate surface area is 105 Å². The summed E-state index contributed by atoms with van der Waals surface area (Å²) in [6.45, 7) is 7.12. The van der Waals surface area contributed by atoms with Gasteiger partial charge in [0.25, 0.3) is 0 Å². The van der Waals surface area contributed by atoms with Crippen LogP contribution in [0.15, 0.2) is 5.16 Å². The van der Waals surface area contributed by atoms with Crippen LogP contribution in [0.3, 0.4) is 0 Å². The van der Waals surface area contributed by atoms with E-state index in [1.54, 1.807) is 0 Å². The second kappa shape index (κ2) is 8.31. The summed E-state index contributed by atoms with van der Waals surface area (Å²) >= 11 is 0. The molecule has 0 spiro atoms. The molecule has 0 aliphatic carbocycles. The molecule has 0 aliphatic heterocycles. The maximum Gasteiger partial charge on any atom is 0.144 e. The Morgan fingerprint density at radius 1 is 1.29 bits per heavy atom. The summed E-state index contributed by atoms with van der Waals surface area (Å²) in [4.78, 5) is 2.16. The summed E-state index contributed by atoms with van der Waals surface area (Å²) in [5.74, 6) is 0.318. The molecular weight excluding hydrogens is 216 g/mol. The molecule has 0 saturated heterocycles. The zero-order valence-corrected chi connectivity index (χ0v) is 11.7. The van der Waals surface area contributed by atoms with Gasteiger partial charge in [0.1, 0.15) is 5.84 Å². The van der Waals surface area contributed by atoms with Crippen molar-refractivity contribution in [3.63, 3.8) is 0 Å². The molecule has 5 heteroatoms. The van der Waals surface area contributed by atoms with Crippen molar-refractivity contribution >= 4 is 5.84 Å². The van der Waals surface area contributed by atoms with Crippen molar-refractivity contribution in [3.05, 3.63) is 0 Å². The molecule has 0 fully saturated rings. The highest BCUT2D eigenvalue weighted by Crippen LogP contribution is 2.22. The van der Waals surface area contributed by atoms with Crippen molar-refractivity contribution in [2.75, 3.05) is 33.7 Å². The van der Waals surface area contributed by atoms with Gasteiger partial charge in [-0.15, -0.1) is 0 Å². The predicted molar refractivity (Wildman–Crippen MR) is 72.5 cm³/mol. The highest BCUT2D eigenvalue weighted by atomic mass is 16.4. The van der Waals surface area contributed by atoms with E-state index in [0.29, 0.717) is 5.84 Å². The number of hydrogen-bond acceptors (Lipinski definition) is 4. The zero-order valence-electron chi connectivity index (χ0n) is 11.7. The Hall–Kier alpha value is -0.810. The number of likely N-dealkylation sites (N-methyl/N-ethyl adjacent to an activating group) is 1. The van der Waals surface area contributed by atoms with Crippen molar-refractivity contribution in [3.8, 4) is 0 Å². The first-order chi connectivity index (χ1) is 7.90. The van der Waals surface area contributed by atoms with Crippen LogP contribution >= 0.6 is 0 Å². The first-order valence-corrected chi connectivity index (χ1v) is 6.23. The van der Waals surface area contributed by atoms with Gasteiger partial charge in [0.05, 0.1) is 0 Å². The van der Waals surface area contributed by atoms with Crippen LogP contribution in [-0.4, -0.2) is 49.7 Å². The van der Waals surface area contributed by atoms with E-state index in [1.165, 1.54) is 0 Å². The van der Waals surface area contributed by atoms with Gasteiger partial charge < -0.3 is 21.2 Å². The molecule has 0 heterocycles. The molecule has 17 heavy (non-hydrogen) atoms. The van der Waals surface area contributed by atoms with Crippen molar-refractivity contribution in [1.82, 2.24) is 10.2 Å². The fraction of sp³-hybridized carbons (Fsp3) is 0.917. The van der Waals surface area contributed by atoms with Crippen molar-refractivity contribution in [2.45, 2.75) is 33.1 Å². The first-order valence-electron chi connectivity index (χ1n) is 6.23. The summed E-state index contributed by atoms with van der Waals surface area (Å²) < 4.78 is 0. The molecule has 0 atom stereocenters. The lowest BCUT2D eigenvalue weighted by atomic mass is 9.86. The Balaban J connectivity index is 3.52. The molecule has 0 unspecified atom stereocenters. The van der Waals surface area contributed by atoms with Gasteiger partial charge in [-0.05, 0) is 33.5 Å². The normalized spacial score (nSPS) is 13.4. The van der Waals surface area contributed by atoms with Crippen LogP contribution in [0.5, 0.6) is 0 Å². The van der Waals surface area contributed by atoms with E-state index in [1.807, 2.05) is 13.8 Å². The minimum absolute atomic E-state index is 0.210. The fourth-order valence-corrected chi connectivity index (χ4v) is 1.51. The predicted octanol–water partition coefficient (Wildman–Crippen LogP) is 1.08. The van der Waals surface area contributed by atoms with E-state index < -0.39 is 0 Å². The van der Waals surface area contributed by atoms with Gasteiger partial charge >= 0.3 is 0 Å². The highest BCUT2D eigenvalue weighted by Gasteiger charge is 2.22. The van der Waals surface area contributed by atoms with Crippen molar-refractivity contribution in [1.29, 1.82) is 0 Å². The van der Waals surface area contributed by atoms with Gasteiger partial charge in [0.2, 0.25) is 0 Å². The molecule has 0 amide bonds. The van der Waals surface area contributed by atoms with Crippen LogP contribution in [0.2, 0.25) is 0 Å². The number of nitrogens with zero attached hydrogens (tertiary/aromatic N) is 2. The standard InChI is InChI=1S/C12H28N4O/c1-12(2,11(13)15-17)7-5-6-8-14-9-10-16(3)4/h14,17H,5-10H2,1-4H3,(H2,13,15). The highest BCUT2D eigenvalue weighted by molar-refractivity contribution is 5.85. The Bertz CT molecular complexity index is 227. The van der Waals surface area contributed by atoms with Crippen molar-refractivity contribution < 1.29 is 5.21 Å². The maximum atomic E-state index is 8.64. The second-order valence-electron chi connectivity index (χ2n) is 5.38. The third-order valence-electron chi connectivity index (χ3n) is 2.94. The van der Waals surface area contributed by atoms with E-state index in [0.717, 1.165) is 38.9 Å². The minimum atomic E-state index is -0.210. The molecular formula is C12H28N4O. The van der Waals surface area contributed by atoms with Gasteiger partial charge in [-0.1, -0.05) is 25.4 Å². The number of oxime groups is 1.